The molecule has 0 aliphatic carbocycles. The number of hydrogen-bond acceptors (Lipinski definition) is 2. The molecule has 1 aromatic rings. The lowest BCUT2D eigenvalue weighted by atomic mass is 9.96. The molecule has 1 rings (SSSR count). The first kappa shape index (κ1) is 13.3. The highest BCUT2D eigenvalue weighted by Crippen LogP contribution is 2.29. The molecular formula is C13H19ClO2. The van der Waals surface area contributed by atoms with E-state index in [1.165, 1.54) is 0 Å². The van der Waals surface area contributed by atoms with E-state index in [0.717, 1.165) is 34.7 Å². The minimum absolute atomic E-state index is 0.200. The van der Waals surface area contributed by atoms with Crippen LogP contribution in [0.2, 0.25) is 5.02 Å². The second-order valence-electron chi connectivity index (χ2n) is 4.08. The summed E-state index contributed by atoms with van der Waals surface area (Å²) in [6.45, 7) is 4.25. The molecule has 0 saturated heterocycles. The Morgan fingerprint density at radius 1 is 1.44 bits per heavy atom. The van der Waals surface area contributed by atoms with Crippen molar-refractivity contribution in [2.45, 2.75) is 26.7 Å². The highest BCUT2D eigenvalue weighted by molar-refractivity contribution is 6.30. The van der Waals surface area contributed by atoms with Gasteiger partial charge in [0.2, 0.25) is 0 Å². The van der Waals surface area contributed by atoms with Crippen molar-refractivity contribution >= 4 is 11.6 Å². The summed E-state index contributed by atoms with van der Waals surface area (Å²) in [5, 5.41) is 9.94. The maximum Gasteiger partial charge on any atom is 0.125 e. The van der Waals surface area contributed by atoms with Crippen molar-refractivity contribution in [2.75, 3.05) is 13.7 Å². The lowest BCUT2D eigenvalue weighted by Crippen LogP contribution is -2.09. The molecule has 0 spiro atoms. The first-order valence-electron chi connectivity index (χ1n) is 5.56. The zero-order valence-electron chi connectivity index (χ0n) is 10.1. The molecule has 0 saturated carbocycles. The fourth-order valence-electron chi connectivity index (χ4n) is 1.89. The summed E-state index contributed by atoms with van der Waals surface area (Å²) in [5.74, 6) is 1.16. The molecule has 0 bridgehead atoms. The van der Waals surface area contributed by atoms with E-state index >= 15 is 0 Å². The highest BCUT2D eigenvalue weighted by Gasteiger charge is 2.13. The minimum atomic E-state index is 0.200. The zero-order valence-corrected chi connectivity index (χ0v) is 10.8. The van der Waals surface area contributed by atoms with Crippen LogP contribution in [0.25, 0.3) is 0 Å². The molecule has 1 aromatic carbocycles. The monoisotopic (exact) mass is 242 g/mol. The Labute approximate surface area is 102 Å². The van der Waals surface area contributed by atoms with Gasteiger partial charge < -0.3 is 9.84 Å². The third-order valence-electron chi connectivity index (χ3n) is 2.86. The Morgan fingerprint density at radius 2 is 2.12 bits per heavy atom. The maximum absolute atomic E-state index is 9.22. The number of aliphatic hydroxyl groups is 1. The molecule has 3 heteroatoms. The summed E-state index contributed by atoms with van der Waals surface area (Å²) in [6.07, 6.45) is 1.75. The van der Waals surface area contributed by atoms with Crippen LogP contribution in [0.15, 0.2) is 12.1 Å². The summed E-state index contributed by atoms with van der Waals surface area (Å²) in [4.78, 5) is 0. The van der Waals surface area contributed by atoms with Gasteiger partial charge >= 0.3 is 0 Å². The van der Waals surface area contributed by atoms with Gasteiger partial charge in [0.25, 0.3) is 0 Å². The van der Waals surface area contributed by atoms with Gasteiger partial charge in [0.15, 0.2) is 0 Å². The van der Waals surface area contributed by atoms with Crippen molar-refractivity contribution in [1.29, 1.82) is 0 Å². The van der Waals surface area contributed by atoms with Crippen molar-refractivity contribution in [3.8, 4) is 5.75 Å². The van der Waals surface area contributed by atoms with Crippen LogP contribution in [0.1, 0.15) is 24.5 Å². The van der Waals surface area contributed by atoms with Crippen molar-refractivity contribution in [3.63, 3.8) is 0 Å². The smallest absolute Gasteiger partial charge is 0.125 e. The average Bonchev–Trinajstić information content (AvgIpc) is 2.25. The number of rotatable bonds is 5. The number of methoxy groups -OCH3 is 1. The molecule has 0 fully saturated rings. The summed E-state index contributed by atoms with van der Waals surface area (Å²) in [7, 11) is 1.67. The van der Waals surface area contributed by atoms with Crippen molar-refractivity contribution in [1.82, 2.24) is 0 Å². The van der Waals surface area contributed by atoms with E-state index in [1.54, 1.807) is 7.11 Å². The summed E-state index contributed by atoms with van der Waals surface area (Å²) >= 11 is 6.03. The van der Waals surface area contributed by atoms with E-state index in [9.17, 15) is 5.11 Å². The van der Waals surface area contributed by atoms with Crippen LogP contribution in [0, 0.1) is 12.8 Å². The highest BCUT2D eigenvalue weighted by atomic mass is 35.5. The molecule has 0 heterocycles. The molecular weight excluding hydrogens is 224 g/mol. The van der Waals surface area contributed by atoms with E-state index in [-0.39, 0.29) is 12.5 Å². The second kappa shape index (κ2) is 6.12. The Balaban J connectivity index is 3.01. The van der Waals surface area contributed by atoms with Crippen molar-refractivity contribution in [3.05, 3.63) is 28.3 Å². The molecule has 0 aliphatic heterocycles. The van der Waals surface area contributed by atoms with E-state index in [2.05, 4.69) is 6.92 Å². The van der Waals surface area contributed by atoms with Crippen LogP contribution >= 0.6 is 11.6 Å². The van der Waals surface area contributed by atoms with Crippen LogP contribution < -0.4 is 4.74 Å². The normalized spacial score (nSPS) is 12.6. The first-order chi connectivity index (χ1) is 7.62. The second-order valence-corrected chi connectivity index (χ2v) is 4.51. The number of aliphatic hydroxyl groups excluding tert-OH is 1. The van der Waals surface area contributed by atoms with Crippen molar-refractivity contribution in [2.24, 2.45) is 5.92 Å². The topological polar surface area (TPSA) is 29.5 Å². The molecule has 0 amide bonds. The predicted molar refractivity (Wildman–Crippen MR) is 67.3 cm³/mol. The lowest BCUT2D eigenvalue weighted by molar-refractivity contribution is 0.221. The Kier molecular flexibility index (Phi) is 5.10. The van der Waals surface area contributed by atoms with Crippen molar-refractivity contribution < 1.29 is 9.84 Å². The lowest BCUT2D eigenvalue weighted by Gasteiger charge is -2.16. The molecule has 2 nitrogen and oxygen atoms in total. The van der Waals surface area contributed by atoms with Gasteiger partial charge in [-0.3, -0.25) is 0 Å². The zero-order chi connectivity index (χ0) is 12.1. The Bertz CT molecular complexity index is 346. The Hall–Kier alpha value is -0.730. The van der Waals surface area contributed by atoms with Crippen LogP contribution in [0.4, 0.5) is 0 Å². The van der Waals surface area contributed by atoms with Gasteiger partial charge in [0.1, 0.15) is 5.75 Å². The van der Waals surface area contributed by atoms with Gasteiger partial charge in [-0.1, -0.05) is 24.9 Å². The SMILES string of the molecule is CCC(CO)Cc1cc(Cl)cc(C)c1OC. The number of hydrogen-bond donors (Lipinski definition) is 1. The Morgan fingerprint density at radius 3 is 2.62 bits per heavy atom. The molecule has 1 atom stereocenters. The quantitative estimate of drug-likeness (QED) is 0.859. The van der Waals surface area contributed by atoms with Gasteiger partial charge in [-0.2, -0.15) is 0 Å². The standard InChI is InChI=1S/C13H19ClO2/c1-4-10(8-15)6-11-7-12(14)5-9(2)13(11)16-3/h5,7,10,15H,4,6,8H2,1-3H3. The molecule has 90 valence electrons. The van der Waals surface area contributed by atoms with E-state index in [0.29, 0.717) is 0 Å². The largest absolute Gasteiger partial charge is 0.496 e. The summed E-state index contributed by atoms with van der Waals surface area (Å²) < 4.78 is 5.38. The van der Waals surface area contributed by atoms with Crippen LogP contribution in [0.5, 0.6) is 5.75 Å². The molecule has 0 radical (unpaired) electrons. The van der Waals surface area contributed by atoms with Gasteiger partial charge in [-0.25, -0.2) is 0 Å². The van der Waals surface area contributed by atoms with E-state index < -0.39 is 0 Å². The maximum atomic E-state index is 9.22. The fraction of sp³-hybridized carbons (Fsp3) is 0.538. The van der Waals surface area contributed by atoms with E-state index in [4.69, 9.17) is 16.3 Å². The molecule has 1 N–H and O–H groups in total. The molecule has 1 unspecified atom stereocenters. The average molecular weight is 243 g/mol. The summed E-state index contributed by atoms with van der Waals surface area (Å²) in [6, 6.07) is 3.81. The number of benzene rings is 1. The molecule has 16 heavy (non-hydrogen) atoms. The molecule has 0 aliphatic rings. The third-order valence-corrected chi connectivity index (χ3v) is 3.08. The van der Waals surface area contributed by atoms with Gasteiger partial charge in [-0.05, 0) is 42.5 Å². The van der Waals surface area contributed by atoms with Crippen LogP contribution in [0.3, 0.4) is 0 Å². The minimum Gasteiger partial charge on any atom is -0.496 e. The number of halogens is 1. The third kappa shape index (κ3) is 3.13. The fourth-order valence-corrected chi connectivity index (χ4v) is 2.19. The molecule has 0 aromatic heterocycles. The van der Waals surface area contributed by atoms with Gasteiger partial charge in [-0.15, -0.1) is 0 Å². The van der Waals surface area contributed by atoms with Crippen LogP contribution in [-0.2, 0) is 6.42 Å². The number of ether oxygens (including phenoxy) is 1. The number of aryl methyl sites for hydroxylation is 1. The van der Waals surface area contributed by atoms with Crippen LogP contribution in [-0.4, -0.2) is 18.8 Å². The predicted octanol–water partition coefficient (Wildman–Crippen LogP) is 3.22. The van der Waals surface area contributed by atoms with E-state index in [1.807, 2.05) is 19.1 Å². The summed E-state index contributed by atoms with van der Waals surface area (Å²) in [5.41, 5.74) is 2.12. The first-order valence-corrected chi connectivity index (χ1v) is 5.94. The van der Waals surface area contributed by atoms with Gasteiger partial charge in [0.05, 0.1) is 7.11 Å². The van der Waals surface area contributed by atoms with Gasteiger partial charge in [0, 0.05) is 11.6 Å².